The van der Waals surface area contributed by atoms with Crippen LogP contribution in [-0.2, 0) is 13.5 Å². The number of H-pyrrole nitrogens is 1. The lowest BCUT2D eigenvalue weighted by Crippen LogP contribution is -2.32. The predicted molar refractivity (Wildman–Crippen MR) is 61.6 cm³/mol. The molecule has 0 fully saturated rings. The van der Waals surface area contributed by atoms with Gasteiger partial charge in [-0.3, -0.25) is 9.36 Å². The first-order chi connectivity index (χ1) is 7.66. The van der Waals surface area contributed by atoms with E-state index in [0.29, 0.717) is 12.1 Å². The highest BCUT2D eigenvalue weighted by Crippen LogP contribution is 2.03. The lowest BCUT2D eigenvalue weighted by Gasteiger charge is -2.02. The molecule has 82 valence electrons. The molecule has 4 heteroatoms. The van der Waals surface area contributed by atoms with Gasteiger partial charge < -0.3 is 4.98 Å². The molecule has 1 aromatic heterocycles. The molecule has 1 N–H and O–H groups in total. The Balaban J connectivity index is 2.37. The van der Waals surface area contributed by atoms with E-state index in [4.69, 9.17) is 0 Å². The molecule has 1 aromatic carbocycles. The summed E-state index contributed by atoms with van der Waals surface area (Å²) in [4.78, 5) is 25.4. The van der Waals surface area contributed by atoms with E-state index >= 15 is 0 Å². The van der Waals surface area contributed by atoms with Crippen molar-refractivity contribution >= 4 is 0 Å². The number of hydrogen-bond acceptors (Lipinski definition) is 2. The minimum Gasteiger partial charge on any atom is -0.311 e. The Hall–Kier alpha value is -2.10. The maximum Gasteiger partial charge on any atom is 0.328 e. The molecule has 0 aliphatic rings. The van der Waals surface area contributed by atoms with Gasteiger partial charge >= 0.3 is 5.69 Å². The Morgan fingerprint density at radius 2 is 1.88 bits per heavy atom. The fourth-order valence-electron chi connectivity index (χ4n) is 1.51. The highest BCUT2D eigenvalue weighted by molar-refractivity contribution is 5.20. The monoisotopic (exact) mass is 216 g/mol. The molecule has 0 bridgehead atoms. The van der Waals surface area contributed by atoms with Gasteiger partial charge in [0, 0.05) is 25.2 Å². The number of nitrogens with zero attached hydrogens (tertiary/aromatic N) is 1. The molecule has 0 unspecified atom stereocenters. The minimum absolute atomic E-state index is 0.283. The highest BCUT2D eigenvalue weighted by Gasteiger charge is 2.01. The van der Waals surface area contributed by atoms with Crippen LogP contribution in [-0.4, -0.2) is 9.55 Å². The number of aromatic amines is 1. The van der Waals surface area contributed by atoms with Gasteiger partial charge in [0.2, 0.25) is 0 Å². The minimum atomic E-state index is -0.376. The molecule has 2 aromatic rings. The van der Waals surface area contributed by atoms with Gasteiger partial charge in [-0.1, -0.05) is 30.3 Å². The van der Waals surface area contributed by atoms with Gasteiger partial charge in [-0.25, -0.2) is 4.79 Å². The fourth-order valence-corrected chi connectivity index (χ4v) is 1.51. The molecule has 4 nitrogen and oxygen atoms in total. The van der Waals surface area contributed by atoms with E-state index in [9.17, 15) is 9.59 Å². The lowest BCUT2D eigenvalue weighted by molar-refractivity contribution is 0.758. The third kappa shape index (κ3) is 2.11. The van der Waals surface area contributed by atoms with E-state index in [2.05, 4.69) is 4.98 Å². The van der Waals surface area contributed by atoms with E-state index in [-0.39, 0.29) is 11.2 Å². The summed E-state index contributed by atoms with van der Waals surface area (Å²) >= 11 is 0. The van der Waals surface area contributed by atoms with Gasteiger partial charge in [0.05, 0.1) is 0 Å². The molecule has 0 atom stereocenters. The summed E-state index contributed by atoms with van der Waals surface area (Å²) in [5.41, 5.74) is 1.04. The van der Waals surface area contributed by atoms with Gasteiger partial charge in [-0.15, -0.1) is 0 Å². The maximum absolute atomic E-state index is 11.4. The van der Waals surface area contributed by atoms with Gasteiger partial charge in [0.25, 0.3) is 5.56 Å². The van der Waals surface area contributed by atoms with Crippen molar-refractivity contribution in [2.24, 2.45) is 7.05 Å². The van der Waals surface area contributed by atoms with Crippen molar-refractivity contribution in [3.63, 3.8) is 0 Å². The fraction of sp³-hybridized carbons (Fsp3) is 0.167. The zero-order valence-electron chi connectivity index (χ0n) is 8.93. The summed E-state index contributed by atoms with van der Waals surface area (Å²) in [7, 11) is 1.45. The topological polar surface area (TPSA) is 54.9 Å². The Bertz CT molecular complexity index is 565. The van der Waals surface area contributed by atoms with Crippen LogP contribution in [0.1, 0.15) is 11.3 Å². The molecule has 0 spiro atoms. The summed E-state index contributed by atoms with van der Waals surface area (Å²) in [6.45, 7) is 0. The van der Waals surface area contributed by atoms with Crippen molar-refractivity contribution in [1.29, 1.82) is 0 Å². The molecule has 2 rings (SSSR count). The Morgan fingerprint density at radius 3 is 2.50 bits per heavy atom. The quantitative estimate of drug-likeness (QED) is 0.802. The summed E-state index contributed by atoms with van der Waals surface area (Å²) < 4.78 is 1.05. The molecular formula is C12H12N2O2. The SMILES string of the molecule is Cn1c(=O)cc(Cc2ccccc2)[nH]c1=O. The molecule has 1 heterocycles. The summed E-state index contributed by atoms with van der Waals surface area (Å²) in [5, 5.41) is 0. The molecular weight excluding hydrogens is 204 g/mol. The van der Waals surface area contributed by atoms with Gasteiger partial charge in [-0.2, -0.15) is 0 Å². The average Bonchev–Trinajstić information content (AvgIpc) is 2.27. The van der Waals surface area contributed by atoms with Gasteiger partial charge in [-0.05, 0) is 5.56 Å². The molecule has 0 aliphatic heterocycles. The highest BCUT2D eigenvalue weighted by atomic mass is 16.2. The smallest absolute Gasteiger partial charge is 0.311 e. The molecule has 0 saturated carbocycles. The molecule has 16 heavy (non-hydrogen) atoms. The van der Waals surface area contributed by atoms with Crippen LogP contribution in [0.15, 0.2) is 46.0 Å². The van der Waals surface area contributed by atoms with Gasteiger partial charge in [0.1, 0.15) is 0 Å². The Morgan fingerprint density at radius 1 is 1.19 bits per heavy atom. The number of hydrogen-bond donors (Lipinski definition) is 1. The summed E-state index contributed by atoms with van der Waals surface area (Å²) in [6, 6.07) is 11.1. The van der Waals surface area contributed by atoms with Crippen LogP contribution in [0.5, 0.6) is 0 Å². The van der Waals surface area contributed by atoms with Crippen LogP contribution >= 0.6 is 0 Å². The Kier molecular flexibility index (Phi) is 2.72. The van der Waals surface area contributed by atoms with Crippen molar-refractivity contribution in [2.75, 3.05) is 0 Å². The standard InChI is InChI=1S/C12H12N2O2/c1-14-11(15)8-10(13-12(14)16)7-9-5-3-2-4-6-9/h2-6,8H,7H2,1H3,(H,13,16). The zero-order chi connectivity index (χ0) is 11.5. The van der Waals surface area contributed by atoms with E-state index in [1.807, 2.05) is 30.3 Å². The van der Waals surface area contributed by atoms with Crippen LogP contribution < -0.4 is 11.2 Å². The number of aromatic nitrogens is 2. The van der Waals surface area contributed by atoms with E-state index in [1.165, 1.54) is 13.1 Å². The number of nitrogens with one attached hydrogen (secondary N) is 1. The normalized spacial score (nSPS) is 10.3. The molecule has 0 radical (unpaired) electrons. The second kappa shape index (κ2) is 4.18. The van der Waals surface area contributed by atoms with Crippen molar-refractivity contribution in [2.45, 2.75) is 6.42 Å². The first-order valence-corrected chi connectivity index (χ1v) is 5.00. The van der Waals surface area contributed by atoms with E-state index in [0.717, 1.165) is 10.1 Å². The number of benzene rings is 1. The third-order valence-corrected chi connectivity index (χ3v) is 2.44. The zero-order valence-corrected chi connectivity index (χ0v) is 8.93. The summed E-state index contributed by atoms with van der Waals surface area (Å²) in [5.74, 6) is 0. The molecule has 0 aliphatic carbocycles. The van der Waals surface area contributed by atoms with E-state index in [1.54, 1.807) is 0 Å². The van der Waals surface area contributed by atoms with Crippen LogP contribution in [0.2, 0.25) is 0 Å². The maximum atomic E-state index is 11.4. The second-order valence-electron chi connectivity index (χ2n) is 3.66. The van der Waals surface area contributed by atoms with Crippen molar-refractivity contribution in [3.8, 4) is 0 Å². The second-order valence-corrected chi connectivity index (χ2v) is 3.66. The molecule has 0 amide bonds. The summed E-state index contributed by atoms with van der Waals surface area (Å²) in [6.07, 6.45) is 0.562. The Labute approximate surface area is 92.2 Å². The van der Waals surface area contributed by atoms with Crippen molar-refractivity contribution in [1.82, 2.24) is 9.55 Å². The number of rotatable bonds is 2. The first kappa shape index (κ1) is 10.4. The van der Waals surface area contributed by atoms with Crippen molar-refractivity contribution < 1.29 is 0 Å². The van der Waals surface area contributed by atoms with Crippen molar-refractivity contribution in [3.05, 3.63) is 68.5 Å². The lowest BCUT2D eigenvalue weighted by atomic mass is 10.1. The largest absolute Gasteiger partial charge is 0.328 e. The van der Waals surface area contributed by atoms with Crippen LogP contribution in [0.25, 0.3) is 0 Å². The third-order valence-electron chi connectivity index (χ3n) is 2.44. The van der Waals surface area contributed by atoms with Gasteiger partial charge in [0.15, 0.2) is 0 Å². The average molecular weight is 216 g/mol. The van der Waals surface area contributed by atoms with Crippen LogP contribution in [0.3, 0.4) is 0 Å². The molecule has 0 saturated heterocycles. The first-order valence-electron chi connectivity index (χ1n) is 5.00. The predicted octanol–water partition coefficient (Wildman–Crippen LogP) is 0.664. The van der Waals surface area contributed by atoms with Crippen LogP contribution in [0, 0.1) is 0 Å². The van der Waals surface area contributed by atoms with Crippen LogP contribution in [0.4, 0.5) is 0 Å². The van der Waals surface area contributed by atoms with E-state index < -0.39 is 0 Å².